The van der Waals surface area contributed by atoms with Gasteiger partial charge in [0, 0.05) is 63.0 Å². The molecule has 0 bridgehead atoms. The van der Waals surface area contributed by atoms with Crippen molar-refractivity contribution in [3.05, 3.63) is 0 Å². The third-order valence-electron chi connectivity index (χ3n) is 0. The van der Waals surface area contributed by atoms with Crippen molar-refractivity contribution in [3.63, 3.8) is 0 Å². The molecule has 0 saturated carbocycles. The van der Waals surface area contributed by atoms with E-state index in [9.17, 15) is 0 Å². The van der Waals surface area contributed by atoms with Crippen molar-refractivity contribution in [1.29, 1.82) is 0 Å². The molecule has 0 nitrogen and oxygen atoms in total. The summed E-state index contributed by atoms with van der Waals surface area (Å²) in [4.78, 5) is 0. The van der Waals surface area contributed by atoms with Gasteiger partial charge in [-0.05, 0) is 0 Å². The SMILES string of the molecule is B.[Al].[Ga].[In]. The van der Waals surface area contributed by atoms with E-state index >= 15 is 0 Å². The molecule has 0 unspecified atom stereocenters. The molecule has 0 atom stereocenters. The fourth-order valence-corrected chi connectivity index (χ4v) is 0. The minimum Gasteiger partial charge on any atom is 0 e. The minimum atomic E-state index is 0. The number of rotatable bonds is 0. The molecule has 0 spiro atoms. The van der Waals surface area contributed by atoms with Crippen LogP contribution in [0.3, 0.4) is 0 Å². The number of hydrogen-bond acceptors (Lipinski definition) is 0. The summed E-state index contributed by atoms with van der Waals surface area (Å²) in [7, 11) is 0. The van der Waals surface area contributed by atoms with E-state index < -0.39 is 0 Å². The summed E-state index contributed by atoms with van der Waals surface area (Å²) < 4.78 is 0. The van der Waals surface area contributed by atoms with E-state index in [0.717, 1.165) is 0 Å². The van der Waals surface area contributed by atoms with Crippen LogP contribution in [0, 0.1) is 0 Å². The molecule has 0 aromatic heterocycles. The van der Waals surface area contributed by atoms with Gasteiger partial charge in [0.1, 0.15) is 0 Å². The average Bonchev–Trinajstić information content (AvgIpc) is 0. The second-order valence-electron chi connectivity index (χ2n) is 0. The summed E-state index contributed by atoms with van der Waals surface area (Å²) in [5.41, 5.74) is 0. The molecule has 0 rings (SSSR count). The quantitative estimate of drug-likeness (QED) is 0.406. The molecule has 0 fully saturated rings. The Kier molecular flexibility index (Phi) is 174. The van der Waals surface area contributed by atoms with Crippen molar-refractivity contribution in [1.82, 2.24) is 0 Å². The molecule has 15 valence electrons. The van der Waals surface area contributed by atoms with Crippen LogP contribution in [0.15, 0.2) is 0 Å². The Balaban J connectivity index is 0. The van der Waals surface area contributed by atoms with Gasteiger partial charge in [0.25, 0.3) is 0 Å². The first-order valence-corrected chi connectivity index (χ1v) is 0. The van der Waals surface area contributed by atoms with Crippen molar-refractivity contribution >= 4 is 71.4 Å². The molecule has 0 saturated heterocycles. The summed E-state index contributed by atoms with van der Waals surface area (Å²) >= 11 is 0. The standard InChI is InChI=1S/Al.BH3.Ga.In/h;1H3;;. The van der Waals surface area contributed by atoms with Gasteiger partial charge in [-0.2, -0.15) is 0 Å². The zero-order valence-corrected chi connectivity index (χ0v) is 8.61. The minimum absolute atomic E-state index is 0. The van der Waals surface area contributed by atoms with Gasteiger partial charge < -0.3 is 0 Å². The van der Waals surface area contributed by atoms with Crippen molar-refractivity contribution in [2.24, 2.45) is 0 Å². The van der Waals surface area contributed by atoms with Crippen molar-refractivity contribution in [2.45, 2.75) is 0 Å². The topological polar surface area (TPSA) is 0 Å². The molecule has 0 aliphatic carbocycles. The fraction of sp³-hybridized carbons (Fsp3) is 0. The summed E-state index contributed by atoms with van der Waals surface area (Å²) in [5.74, 6) is 0. The molecule has 9 radical (unpaired) electrons. The maximum atomic E-state index is 0. The number of hydrogen-bond donors (Lipinski definition) is 0. The van der Waals surface area contributed by atoms with Gasteiger partial charge >= 0.3 is 0 Å². The van der Waals surface area contributed by atoms with Crippen LogP contribution in [0.4, 0.5) is 0 Å². The Morgan fingerprint density at radius 1 is 1.00 bits per heavy atom. The van der Waals surface area contributed by atoms with Gasteiger partial charge in [-0.3, -0.25) is 0 Å². The third-order valence-corrected chi connectivity index (χ3v) is 0. The molecular weight excluding hydrogens is 222 g/mol. The third kappa shape index (κ3) is 8.93. The molecule has 0 aliphatic rings. The van der Waals surface area contributed by atoms with E-state index in [2.05, 4.69) is 0 Å². The van der Waals surface area contributed by atoms with Crippen LogP contribution < -0.4 is 0 Å². The zero-order valence-electron chi connectivity index (χ0n) is 1.73. The Labute approximate surface area is 70.7 Å². The fourth-order valence-electron chi connectivity index (χ4n) is 0. The first kappa shape index (κ1) is 35.9. The van der Waals surface area contributed by atoms with Crippen molar-refractivity contribution < 1.29 is 0 Å². The zero-order chi connectivity index (χ0) is 0. The van der Waals surface area contributed by atoms with Crippen molar-refractivity contribution in [2.75, 3.05) is 0 Å². The first-order chi connectivity index (χ1) is 0. The van der Waals surface area contributed by atoms with Gasteiger partial charge in [0.05, 0.1) is 8.41 Å². The Bertz CT molecular complexity index is 8.00. The molecule has 0 aromatic rings. The maximum Gasteiger partial charge on any atom is 0.0814 e. The van der Waals surface area contributed by atoms with Gasteiger partial charge in [0.15, 0.2) is 0 Å². The van der Waals surface area contributed by atoms with Crippen LogP contribution in [-0.2, 0) is 0 Å². The molecule has 0 aliphatic heterocycles. The van der Waals surface area contributed by atoms with E-state index in [1.54, 1.807) is 0 Å². The van der Waals surface area contributed by atoms with Gasteiger partial charge in [-0.25, -0.2) is 0 Å². The molecule has 4 heavy (non-hydrogen) atoms. The van der Waals surface area contributed by atoms with E-state index in [1.807, 2.05) is 0 Å². The average molecular weight is 225 g/mol. The predicted octanol–water partition coefficient (Wildman–Crippen LogP) is -2.33. The molecular formula is H3AlBGaIn. The van der Waals surface area contributed by atoms with Crippen LogP contribution in [0.1, 0.15) is 0 Å². The van der Waals surface area contributed by atoms with Crippen LogP contribution in [0.5, 0.6) is 0 Å². The molecule has 0 aromatic carbocycles. The van der Waals surface area contributed by atoms with Gasteiger partial charge in [0.2, 0.25) is 0 Å². The van der Waals surface area contributed by atoms with Gasteiger partial charge in [-0.1, -0.05) is 0 Å². The Hall–Kier alpha value is 2.10. The van der Waals surface area contributed by atoms with E-state index in [1.165, 1.54) is 0 Å². The monoisotopic (exact) mass is 225 g/mol. The summed E-state index contributed by atoms with van der Waals surface area (Å²) in [6.07, 6.45) is 0. The van der Waals surface area contributed by atoms with E-state index in [4.69, 9.17) is 0 Å². The van der Waals surface area contributed by atoms with Crippen LogP contribution >= 0.6 is 0 Å². The second-order valence-corrected chi connectivity index (χ2v) is 0. The first-order valence-electron chi connectivity index (χ1n) is 0. The normalized spacial score (nSPS) is 0. The largest absolute Gasteiger partial charge is 0.0814 e. The summed E-state index contributed by atoms with van der Waals surface area (Å²) in [6, 6.07) is 0. The van der Waals surface area contributed by atoms with Crippen LogP contribution in [-0.4, -0.2) is 71.4 Å². The second kappa shape index (κ2) is 19.4. The molecule has 0 N–H and O–H groups in total. The van der Waals surface area contributed by atoms with Gasteiger partial charge in [-0.15, -0.1) is 0 Å². The summed E-state index contributed by atoms with van der Waals surface area (Å²) in [5, 5.41) is 0. The summed E-state index contributed by atoms with van der Waals surface area (Å²) in [6.45, 7) is 0. The van der Waals surface area contributed by atoms with Crippen molar-refractivity contribution in [3.8, 4) is 0 Å². The molecule has 4 heteroatoms. The predicted molar refractivity (Wildman–Crippen MR) is 27.2 cm³/mol. The van der Waals surface area contributed by atoms with Crippen LogP contribution in [0.2, 0.25) is 0 Å². The smallest absolute Gasteiger partial charge is 0 e. The Morgan fingerprint density at radius 3 is 1.00 bits per heavy atom. The van der Waals surface area contributed by atoms with Crippen LogP contribution in [0.25, 0.3) is 0 Å². The van der Waals surface area contributed by atoms with E-state index in [-0.39, 0.29) is 71.4 Å². The Morgan fingerprint density at radius 2 is 1.00 bits per heavy atom. The van der Waals surface area contributed by atoms with E-state index in [0.29, 0.717) is 0 Å². The molecule has 0 amide bonds. The maximum absolute atomic E-state index is 0. The molecule has 0 heterocycles.